The summed E-state index contributed by atoms with van der Waals surface area (Å²) in [6, 6.07) is 11.1. The van der Waals surface area contributed by atoms with Crippen molar-refractivity contribution in [2.75, 3.05) is 20.8 Å². The van der Waals surface area contributed by atoms with E-state index in [9.17, 15) is 9.18 Å². The number of amidine groups is 1. The summed E-state index contributed by atoms with van der Waals surface area (Å²) >= 11 is 1.47. The van der Waals surface area contributed by atoms with Gasteiger partial charge in [0.05, 0.1) is 26.4 Å². The van der Waals surface area contributed by atoms with E-state index in [1.54, 1.807) is 45.4 Å². The lowest BCUT2D eigenvalue weighted by Gasteiger charge is -2.27. The van der Waals surface area contributed by atoms with Crippen LogP contribution in [0.1, 0.15) is 31.0 Å². The lowest BCUT2D eigenvalue weighted by atomic mass is 9.95. The number of rotatable bonds is 7. The lowest BCUT2D eigenvalue weighted by Crippen LogP contribution is -2.30. The molecular formula is C23H25FN2O4S. The number of aliphatic imine (C=N–C) groups is 1. The number of halogens is 1. The fourth-order valence-electron chi connectivity index (χ4n) is 3.20. The van der Waals surface area contributed by atoms with Gasteiger partial charge in [0.1, 0.15) is 23.4 Å². The van der Waals surface area contributed by atoms with Crippen molar-refractivity contribution in [1.29, 1.82) is 0 Å². The number of methoxy groups -OCH3 is 2. The maximum Gasteiger partial charge on any atom is 0.338 e. The number of nitrogens with zero attached hydrogens (tertiary/aromatic N) is 1. The van der Waals surface area contributed by atoms with E-state index < -0.39 is 12.0 Å². The number of allylic oxidation sites excluding steroid dienone is 1. The number of carbonyl (C=O) groups is 1. The maximum atomic E-state index is 13.2. The van der Waals surface area contributed by atoms with E-state index in [0.29, 0.717) is 33.7 Å². The van der Waals surface area contributed by atoms with Crippen LogP contribution in [0.25, 0.3) is 0 Å². The Bertz CT molecular complexity index is 1010. The van der Waals surface area contributed by atoms with Crippen LogP contribution in [0.5, 0.6) is 11.5 Å². The normalized spacial score (nSPS) is 15.8. The number of esters is 1. The Morgan fingerprint density at radius 3 is 2.55 bits per heavy atom. The summed E-state index contributed by atoms with van der Waals surface area (Å²) in [6.45, 7) is 3.85. The van der Waals surface area contributed by atoms with E-state index in [2.05, 4.69) is 5.32 Å². The van der Waals surface area contributed by atoms with Gasteiger partial charge in [0.15, 0.2) is 5.17 Å². The zero-order chi connectivity index (χ0) is 22.4. The van der Waals surface area contributed by atoms with E-state index >= 15 is 0 Å². The van der Waals surface area contributed by atoms with Crippen molar-refractivity contribution in [1.82, 2.24) is 5.32 Å². The van der Waals surface area contributed by atoms with Gasteiger partial charge < -0.3 is 19.5 Å². The van der Waals surface area contributed by atoms with Gasteiger partial charge in [-0.2, -0.15) is 0 Å². The molecule has 1 aliphatic rings. The Morgan fingerprint density at radius 1 is 1.16 bits per heavy atom. The van der Waals surface area contributed by atoms with Gasteiger partial charge in [-0.1, -0.05) is 23.9 Å². The largest absolute Gasteiger partial charge is 0.497 e. The summed E-state index contributed by atoms with van der Waals surface area (Å²) in [7, 11) is 3.14. The predicted octanol–water partition coefficient (Wildman–Crippen LogP) is 4.61. The maximum absolute atomic E-state index is 13.2. The summed E-state index contributed by atoms with van der Waals surface area (Å²) in [5, 5.41) is 3.85. The molecule has 1 heterocycles. The molecular weight excluding hydrogens is 419 g/mol. The van der Waals surface area contributed by atoms with Gasteiger partial charge in [-0.15, -0.1) is 0 Å². The average molecular weight is 445 g/mol. The quantitative estimate of drug-likeness (QED) is 0.629. The molecule has 0 spiro atoms. The van der Waals surface area contributed by atoms with E-state index in [1.165, 1.54) is 23.9 Å². The molecule has 2 aromatic carbocycles. The summed E-state index contributed by atoms with van der Waals surface area (Å²) < 4.78 is 29.3. The lowest BCUT2D eigenvalue weighted by molar-refractivity contribution is -0.138. The van der Waals surface area contributed by atoms with E-state index in [1.807, 2.05) is 13.0 Å². The highest BCUT2D eigenvalue weighted by atomic mass is 32.2. The van der Waals surface area contributed by atoms with Crippen molar-refractivity contribution in [3.63, 3.8) is 0 Å². The molecule has 0 amide bonds. The van der Waals surface area contributed by atoms with Gasteiger partial charge in [-0.05, 0) is 43.7 Å². The minimum Gasteiger partial charge on any atom is -0.497 e. The van der Waals surface area contributed by atoms with Crippen LogP contribution >= 0.6 is 11.8 Å². The second-order valence-corrected chi connectivity index (χ2v) is 7.71. The number of ether oxygens (including phenoxy) is 3. The number of hydrogen-bond acceptors (Lipinski definition) is 7. The van der Waals surface area contributed by atoms with Gasteiger partial charge in [0.25, 0.3) is 0 Å². The zero-order valence-electron chi connectivity index (χ0n) is 17.9. The van der Waals surface area contributed by atoms with Gasteiger partial charge in [-0.3, -0.25) is 0 Å². The molecule has 2 aromatic rings. The van der Waals surface area contributed by atoms with Crippen LogP contribution in [0.15, 0.2) is 58.7 Å². The molecule has 8 heteroatoms. The Hall–Kier alpha value is -3.00. The van der Waals surface area contributed by atoms with Gasteiger partial charge >= 0.3 is 5.97 Å². The smallest absolute Gasteiger partial charge is 0.338 e. The highest BCUT2D eigenvalue weighted by molar-refractivity contribution is 8.13. The third-order valence-corrected chi connectivity index (χ3v) is 5.70. The first-order valence-corrected chi connectivity index (χ1v) is 10.8. The Labute approximate surface area is 185 Å². The van der Waals surface area contributed by atoms with Gasteiger partial charge in [0, 0.05) is 23.1 Å². The van der Waals surface area contributed by atoms with E-state index in [0.717, 1.165) is 11.1 Å². The van der Waals surface area contributed by atoms with Crippen LogP contribution in [-0.4, -0.2) is 32.0 Å². The average Bonchev–Trinajstić information content (AvgIpc) is 2.77. The first-order valence-electron chi connectivity index (χ1n) is 9.78. The minimum absolute atomic E-state index is 0.262. The molecule has 1 N–H and O–H groups in total. The predicted molar refractivity (Wildman–Crippen MR) is 120 cm³/mol. The molecule has 0 unspecified atom stereocenters. The minimum atomic E-state index is -0.600. The second kappa shape index (κ2) is 10.3. The molecule has 0 fully saturated rings. The molecule has 0 aromatic heterocycles. The van der Waals surface area contributed by atoms with Crippen molar-refractivity contribution in [2.45, 2.75) is 25.6 Å². The van der Waals surface area contributed by atoms with Crippen molar-refractivity contribution in [3.05, 3.63) is 70.7 Å². The number of thioether (sulfide) groups is 1. The molecule has 0 bridgehead atoms. The summed E-state index contributed by atoms with van der Waals surface area (Å²) in [5.41, 5.74) is 2.79. The molecule has 0 radical (unpaired) electrons. The van der Waals surface area contributed by atoms with E-state index in [4.69, 9.17) is 19.2 Å². The third-order valence-electron chi connectivity index (χ3n) is 4.74. The van der Waals surface area contributed by atoms with Crippen LogP contribution in [0.3, 0.4) is 0 Å². The topological polar surface area (TPSA) is 69.2 Å². The SMILES string of the molecule is CCOC(=O)C1=C(C)NC(SCc2ccc(F)cc2)=N[C@@H]1c1ccc(OC)cc1OC. The molecule has 6 nitrogen and oxygen atoms in total. The van der Waals surface area contributed by atoms with Crippen LogP contribution in [0.4, 0.5) is 4.39 Å². The fraction of sp³-hybridized carbons (Fsp3) is 0.304. The number of carbonyl (C=O) groups excluding carboxylic acids is 1. The number of nitrogens with one attached hydrogen (secondary N) is 1. The monoisotopic (exact) mass is 444 g/mol. The first-order chi connectivity index (χ1) is 15.0. The molecule has 164 valence electrons. The van der Waals surface area contributed by atoms with Crippen molar-refractivity contribution in [3.8, 4) is 11.5 Å². The van der Waals surface area contributed by atoms with Crippen LogP contribution in [0, 0.1) is 5.82 Å². The molecule has 0 saturated heterocycles. The molecule has 3 rings (SSSR count). The highest BCUT2D eigenvalue weighted by Crippen LogP contribution is 2.39. The molecule has 1 aliphatic heterocycles. The molecule has 0 aliphatic carbocycles. The third kappa shape index (κ3) is 5.38. The Morgan fingerprint density at radius 2 is 1.90 bits per heavy atom. The van der Waals surface area contributed by atoms with Crippen molar-refractivity contribution >= 4 is 22.9 Å². The fourth-order valence-corrected chi connectivity index (χ4v) is 4.10. The molecule has 0 saturated carbocycles. The first kappa shape index (κ1) is 22.7. The molecule has 31 heavy (non-hydrogen) atoms. The van der Waals surface area contributed by atoms with E-state index in [-0.39, 0.29) is 12.4 Å². The van der Waals surface area contributed by atoms with Gasteiger partial charge in [0.2, 0.25) is 0 Å². The van der Waals surface area contributed by atoms with Gasteiger partial charge in [-0.25, -0.2) is 14.2 Å². The highest BCUT2D eigenvalue weighted by Gasteiger charge is 2.32. The number of hydrogen-bond donors (Lipinski definition) is 1. The number of benzene rings is 2. The standard InChI is InChI=1S/C23H25FN2O4S/c1-5-30-22(27)20-14(2)25-23(31-13-15-6-8-16(24)9-7-15)26-21(20)18-11-10-17(28-3)12-19(18)29-4/h6-12,21H,5,13H2,1-4H3,(H,25,26)/t21-/m1/s1. The second-order valence-electron chi connectivity index (χ2n) is 6.74. The molecule has 1 atom stereocenters. The van der Waals surface area contributed by atoms with Crippen LogP contribution < -0.4 is 14.8 Å². The Kier molecular flexibility index (Phi) is 7.57. The summed E-state index contributed by atoms with van der Waals surface area (Å²) in [5.74, 6) is 1.10. The Balaban J connectivity index is 1.95. The summed E-state index contributed by atoms with van der Waals surface area (Å²) in [4.78, 5) is 17.5. The summed E-state index contributed by atoms with van der Waals surface area (Å²) in [6.07, 6.45) is 0. The van der Waals surface area contributed by atoms with Crippen LogP contribution in [0.2, 0.25) is 0 Å². The van der Waals surface area contributed by atoms with Crippen LogP contribution in [-0.2, 0) is 15.3 Å². The van der Waals surface area contributed by atoms with Crippen molar-refractivity contribution < 1.29 is 23.4 Å². The van der Waals surface area contributed by atoms with Crippen molar-refractivity contribution in [2.24, 2.45) is 4.99 Å². The zero-order valence-corrected chi connectivity index (χ0v) is 18.7.